The minimum atomic E-state index is -0.301. The summed E-state index contributed by atoms with van der Waals surface area (Å²) in [6, 6.07) is 18.0. The van der Waals surface area contributed by atoms with Crippen LogP contribution in [0.2, 0.25) is 0 Å². The molecule has 0 atom stereocenters. The van der Waals surface area contributed by atoms with Gasteiger partial charge in [-0.1, -0.05) is 49.8 Å². The molecule has 1 N–H and O–H groups in total. The van der Waals surface area contributed by atoms with Crippen molar-refractivity contribution in [2.45, 2.75) is 19.8 Å². The summed E-state index contributed by atoms with van der Waals surface area (Å²) in [6.07, 6.45) is 9.17. The lowest BCUT2D eigenvalue weighted by atomic mass is 10.0. The van der Waals surface area contributed by atoms with Crippen molar-refractivity contribution in [1.29, 1.82) is 0 Å². The maximum atomic E-state index is 12.6. The second-order valence-electron chi connectivity index (χ2n) is 7.65. The van der Waals surface area contributed by atoms with Crippen molar-refractivity contribution < 1.29 is 24.1 Å². The Kier molecular flexibility index (Phi) is 8.92. The summed E-state index contributed by atoms with van der Waals surface area (Å²) in [4.78, 5) is 12.6. The van der Waals surface area contributed by atoms with Crippen LogP contribution in [0.5, 0.6) is 23.0 Å². The van der Waals surface area contributed by atoms with Crippen LogP contribution in [-0.2, 0) is 0 Å². The van der Waals surface area contributed by atoms with Crippen LogP contribution in [0, 0.1) is 0 Å². The standard InChI is InChI=1S/C29H30O5/c1-4-5-18-34-23-14-11-21(12-15-23)10-13-22-19-24(32-2)20-29(33-3)25(22)16-17-28(31)26-8-6-7-9-27(26)30/h6-17,19-20,30H,4-5,18H2,1-3H3/b13-10+,17-16+. The lowest BCUT2D eigenvalue weighted by Gasteiger charge is -2.12. The number of rotatable bonds is 11. The molecule has 3 aromatic carbocycles. The zero-order chi connectivity index (χ0) is 24.3. The molecule has 5 nitrogen and oxygen atoms in total. The van der Waals surface area contributed by atoms with E-state index in [9.17, 15) is 9.90 Å². The molecule has 0 radical (unpaired) electrons. The number of aromatic hydroxyl groups is 1. The minimum Gasteiger partial charge on any atom is -0.507 e. The molecule has 3 aromatic rings. The molecule has 0 amide bonds. The van der Waals surface area contributed by atoms with Gasteiger partial charge in [0.2, 0.25) is 0 Å². The number of ketones is 1. The number of para-hydroxylation sites is 1. The molecule has 34 heavy (non-hydrogen) atoms. The molecule has 0 bridgehead atoms. The van der Waals surface area contributed by atoms with E-state index in [2.05, 4.69) is 6.92 Å². The van der Waals surface area contributed by atoms with Crippen molar-refractivity contribution in [3.05, 3.63) is 89.0 Å². The molecule has 3 rings (SSSR count). The van der Waals surface area contributed by atoms with Crippen LogP contribution in [0.4, 0.5) is 0 Å². The number of phenols is 1. The molecular weight excluding hydrogens is 428 g/mol. The molecule has 0 fully saturated rings. The van der Waals surface area contributed by atoms with E-state index in [1.54, 1.807) is 44.6 Å². The first kappa shape index (κ1) is 24.6. The van der Waals surface area contributed by atoms with Crippen LogP contribution in [0.3, 0.4) is 0 Å². The van der Waals surface area contributed by atoms with Crippen LogP contribution < -0.4 is 14.2 Å². The molecular formula is C29H30O5. The van der Waals surface area contributed by atoms with Gasteiger partial charge in [-0.15, -0.1) is 0 Å². The van der Waals surface area contributed by atoms with E-state index in [0.29, 0.717) is 18.1 Å². The molecule has 0 spiro atoms. The third-order valence-electron chi connectivity index (χ3n) is 5.28. The molecule has 0 aliphatic carbocycles. The lowest BCUT2D eigenvalue weighted by Crippen LogP contribution is -1.96. The molecule has 0 aliphatic heterocycles. The maximum Gasteiger partial charge on any atom is 0.189 e. The van der Waals surface area contributed by atoms with Crippen LogP contribution in [0.25, 0.3) is 18.2 Å². The largest absolute Gasteiger partial charge is 0.507 e. The first-order valence-electron chi connectivity index (χ1n) is 11.2. The highest BCUT2D eigenvalue weighted by molar-refractivity contribution is 6.08. The average Bonchev–Trinajstić information content (AvgIpc) is 2.87. The average molecular weight is 459 g/mol. The van der Waals surface area contributed by atoms with Gasteiger partial charge < -0.3 is 19.3 Å². The highest BCUT2D eigenvalue weighted by Gasteiger charge is 2.11. The van der Waals surface area contributed by atoms with Gasteiger partial charge in [-0.3, -0.25) is 4.79 Å². The van der Waals surface area contributed by atoms with Gasteiger partial charge >= 0.3 is 0 Å². The van der Waals surface area contributed by atoms with Crippen LogP contribution in [-0.4, -0.2) is 31.7 Å². The number of methoxy groups -OCH3 is 2. The fourth-order valence-electron chi connectivity index (χ4n) is 3.35. The van der Waals surface area contributed by atoms with Gasteiger partial charge in [-0.2, -0.15) is 0 Å². The molecule has 0 unspecified atom stereocenters. The topological polar surface area (TPSA) is 65.0 Å². The molecule has 5 heteroatoms. The van der Waals surface area contributed by atoms with Gasteiger partial charge in [-0.05, 0) is 60.0 Å². The SMILES string of the molecule is CCCCOc1ccc(/C=C/c2cc(OC)cc(OC)c2/C=C/C(=O)c2ccccc2O)cc1. The number of unbranched alkanes of at least 4 members (excludes halogenated alkanes) is 1. The Labute approximate surface area is 200 Å². The van der Waals surface area contributed by atoms with E-state index in [1.807, 2.05) is 42.5 Å². The zero-order valence-corrected chi connectivity index (χ0v) is 19.8. The predicted molar refractivity (Wildman–Crippen MR) is 137 cm³/mol. The summed E-state index contributed by atoms with van der Waals surface area (Å²) in [5, 5.41) is 9.98. The second kappa shape index (κ2) is 12.3. The summed E-state index contributed by atoms with van der Waals surface area (Å²) in [5.41, 5.74) is 2.79. The summed E-state index contributed by atoms with van der Waals surface area (Å²) < 4.78 is 16.7. The van der Waals surface area contributed by atoms with Gasteiger partial charge in [0, 0.05) is 11.6 Å². The van der Waals surface area contributed by atoms with Gasteiger partial charge in [0.1, 0.15) is 23.0 Å². The Morgan fingerprint density at radius 3 is 2.35 bits per heavy atom. The number of phenolic OH excluding ortho intramolecular Hbond substituents is 1. The normalized spacial score (nSPS) is 11.1. The monoisotopic (exact) mass is 458 g/mol. The van der Waals surface area contributed by atoms with Gasteiger partial charge in [0.05, 0.1) is 26.4 Å². The smallest absolute Gasteiger partial charge is 0.189 e. The Bertz CT molecular complexity index is 1160. The number of hydrogen-bond acceptors (Lipinski definition) is 5. The number of carbonyl (C=O) groups excluding carboxylic acids is 1. The summed E-state index contributed by atoms with van der Waals surface area (Å²) in [6.45, 7) is 2.85. The van der Waals surface area contributed by atoms with Crippen molar-refractivity contribution in [3.8, 4) is 23.0 Å². The van der Waals surface area contributed by atoms with Crippen LogP contribution >= 0.6 is 0 Å². The fraction of sp³-hybridized carbons (Fsp3) is 0.207. The highest BCUT2D eigenvalue weighted by Crippen LogP contribution is 2.32. The molecule has 176 valence electrons. The molecule has 0 aromatic heterocycles. The van der Waals surface area contributed by atoms with E-state index in [4.69, 9.17) is 14.2 Å². The minimum absolute atomic E-state index is 0.0546. The molecule has 0 saturated heterocycles. The van der Waals surface area contributed by atoms with Gasteiger partial charge in [-0.25, -0.2) is 0 Å². The number of benzene rings is 3. The third kappa shape index (κ3) is 6.51. The summed E-state index contributed by atoms with van der Waals surface area (Å²) in [5.74, 6) is 1.70. The van der Waals surface area contributed by atoms with E-state index in [-0.39, 0.29) is 17.1 Å². The van der Waals surface area contributed by atoms with Crippen molar-refractivity contribution in [2.75, 3.05) is 20.8 Å². The molecule has 0 saturated carbocycles. The van der Waals surface area contributed by atoms with Crippen LogP contribution in [0.1, 0.15) is 46.8 Å². The van der Waals surface area contributed by atoms with E-state index in [0.717, 1.165) is 35.3 Å². The van der Waals surface area contributed by atoms with Crippen molar-refractivity contribution >= 4 is 24.0 Å². The predicted octanol–water partition coefficient (Wildman–Crippen LogP) is 6.65. The second-order valence-corrected chi connectivity index (χ2v) is 7.65. The highest BCUT2D eigenvalue weighted by atomic mass is 16.5. The summed E-state index contributed by atoms with van der Waals surface area (Å²) >= 11 is 0. The number of allylic oxidation sites excluding steroid dienone is 1. The lowest BCUT2D eigenvalue weighted by molar-refractivity contribution is 0.104. The number of hydrogen-bond donors (Lipinski definition) is 1. The maximum absolute atomic E-state index is 12.6. The van der Waals surface area contributed by atoms with Gasteiger partial charge in [0.25, 0.3) is 0 Å². The Balaban J connectivity index is 1.89. The molecule has 0 heterocycles. The quantitative estimate of drug-likeness (QED) is 0.151. The third-order valence-corrected chi connectivity index (χ3v) is 5.28. The number of ether oxygens (including phenoxy) is 3. The van der Waals surface area contributed by atoms with Gasteiger partial charge in [0.15, 0.2) is 5.78 Å². The van der Waals surface area contributed by atoms with E-state index < -0.39 is 0 Å². The van der Waals surface area contributed by atoms with Crippen molar-refractivity contribution in [3.63, 3.8) is 0 Å². The Morgan fingerprint density at radius 2 is 1.68 bits per heavy atom. The van der Waals surface area contributed by atoms with Crippen molar-refractivity contribution in [2.24, 2.45) is 0 Å². The zero-order valence-electron chi connectivity index (χ0n) is 19.8. The molecule has 0 aliphatic rings. The van der Waals surface area contributed by atoms with E-state index in [1.165, 1.54) is 12.1 Å². The van der Waals surface area contributed by atoms with E-state index >= 15 is 0 Å². The fourth-order valence-corrected chi connectivity index (χ4v) is 3.35. The van der Waals surface area contributed by atoms with Crippen LogP contribution in [0.15, 0.2) is 66.7 Å². The number of carbonyl (C=O) groups is 1. The Morgan fingerprint density at radius 1 is 0.912 bits per heavy atom. The first-order chi connectivity index (χ1) is 16.5. The van der Waals surface area contributed by atoms with Crippen molar-refractivity contribution in [1.82, 2.24) is 0 Å². The summed E-state index contributed by atoms with van der Waals surface area (Å²) in [7, 11) is 3.17. The first-order valence-corrected chi connectivity index (χ1v) is 11.2. The Hall–Kier alpha value is -3.99.